The van der Waals surface area contributed by atoms with Crippen LogP contribution in [0.25, 0.3) is 0 Å². The number of nitrogens with zero attached hydrogens (tertiary/aromatic N) is 2. The minimum absolute atomic E-state index is 0.0414. The van der Waals surface area contributed by atoms with E-state index in [1.54, 1.807) is 13.8 Å². The van der Waals surface area contributed by atoms with E-state index in [1.165, 1.54) is 32.3 Å². The summed E-state index contributed by atoms with van der Waals surface area (Å²) in [5, 5.41) is 11.9. The SMILES string of the molecule is Cc1ccc(S(=O)(=O)N(C)C)cc1C(=O)OCC(=O)N[C@@](C)(C#N)C1CC1. The summed E-state index contributed by atoms with van der Waals surface area (Å²) in [5.74, 6) is -1.27. The number of carbonyl (C=O) groups excluding carboxylic acids is 2. The fourth-order valence-electron chi connectivity index (χ4n) is 2.61. The Bertz CT molecular complexity index is 900. The summed E-state index contributed by atoms with van der Waals surface area (Å²) < 4.78 is 30.5. The first-order valence-electron chi connectivity index (χ1n) is 8.44. The summed E-state index contributed by atoms with van der Waals surface area (Å²) >= 11 is 0. The van der Waals surface area contributed by atoms with Crippen LogP contribution < -0.4 is 5.32 Å². The first kappa shape index (κ1) is 20.9. The molecule has 0 aliphatic heterocycles. The lowest BCUT2D eigenvalue weighted by Crippen LogP contribution is -2.48. The predicted octanol–water partition coefficient (Wildman–Crippen LogP) is 1.21. The predicted molar refractivity (Wildman–Crippen MR) is 97.2 cm³/mol. The lowest BCUT2D eigenvalue weighted by atomic mass is 9.98. The maximum Gasteiger partial charge on any atom is 0.338 e. The number of sulfonamides is 1. The highest BCUT2D eigenvalue weighted by molar-refractivity contribution is 7.89. The molecule has 0 bridgehead atoms. The molecule has 9 heteroatoms. The molecule has 1 atom stereocenters. The molecule has 0 unspecified atom stereocenters. The normalized spacial score (nSPS) is 16.3. The van der Waals surface area contributed by atoms with Crippen molar-refractivity contribution in [1.82, 2.24) is 9.62 Å². The van der Waals surface area contributed by atoms with Crippen molar-refractivity contribution in [3.8, 4) is 6.07 Å². The number of amides is 1. The van der Waals surface area contributed by atoms with Gasteiger partial charge in [0.2, 0.25) is 10.0 Å². The van der Waals surface area contributed by atoms with Crippen LogP contribution in [-0.2, 0) is 19.6 Å². The number of aryl methyl sites for hydroxylation is 1. The van der Waals surface area contributed by atoms with Crippen molar-refractivity contribution in [2.45, 2.75) is 37.1 Å². The molecule has 1 aliphatic rings. The zero-order chi connectivity index (χ0) is 20.4. The number of nitrogens with one attached hydrogen (secondary N) is 1. The smallest absolute Gasteiger partial charge is 0.338 e. The van der Waals surface area contributed by atoms with Gasteiger partial charge in [-0.2, -0.15) is 5.26 Å². The highest BCUT2D eigenvalue weighted by Gasteiger charge is 2.43. The average Bonchev–Trinajstić information content (AvgIpc) is 3.45. The molecule has 1 saturated carbocycles. The number of carbonyl (C=O) groups is 2. The molecule has 0 spiro atoms. The van der Waals surface area contributed by atoms with Crippen LogP contribution >= 0.6 is 0 Å². The van der Waals surface area contributed by atoms with Crippen LogP contribution in [-0.4, -0.2) is 50.8 Å². The molecule has 1 fully saturated rings. The van der Waals surface area contributed by atoms with Crippen LogP contribution in [0.1, 0.15) is 35.7 Å². The topological polar surface area (TPSA) is 117 Å². The Kier molecular flexibility index (Phi) is 5.92. The van der Waals surface area contributed by atoms with E-state index in [0.717, 1.165) is 17.1 Å². The van der Waals surface area contributed by atoms with Gasteiger partial charge in [-0.25, -0.2) is 17.5 Å². The van der Waals surface area contributed by atoms with E-state index in [1.807, 2.05) is 0 Å². The summed E-state index contributed by atoms with van der Waals surface area (Å²) in [6.45, 7) is 2.74. The third-order valence-electron chi connectivity index (χ3n) is 4.57. The molecule has 27 heavy (non-hydrogen) atoms. The molecule has 1 aliphatic carbocycles. The number of nitriles is 1. The van der Waals surface area contributed by atoms with E-state index in [0.29, 0.717) is 5.56 Å². The molecule has 146 valence electrons. The van der Waals surface area contributed by atoms with E-state index in [-0.39, 0.29) is 16.4 Å². The number of benzene rings is 1. The van der Waals surface area contributed by atoms with Crippen LogP contribution in [0.4, 0.5) is 0 Å². The van der Waals surface area contributed by atoms with E-state index in [2.05, 4.69) is 11.4 Å². The number of esters is 1. The van der Waals surface area contributed by atoms with E-state index in [4.69, 9.17) is 4.74 Å². The molecule has 0 heterocycles. The number of hydrogen-bond donors (Lipinski definition) is 1. The van der Waals surface area contributed by atoms with Crippen molar-refractivity contribution in [2.24, 2.45) is 5.92 Å². The maximum atomic E-state index is 12.3. The van der Waals surface area contributed by atoms with Gasteiger partial charge in [0, 0.05) is 14.1 Å². The Morgan fingerprint density at radius 3 is 2.52 bits per heavy atom. The van der Waals surface area contributed by atoms with Gasteiger partial charge >= 0.3 is 5.97 Å². The van der Waals surface area contributed by atoms with Gasteiger partial charge in [-0.3, -0.25) is 4.79 Å². The summed E-state index contributed by atoms with van der Waals surface area (Å²) in [5.41, 5.74) is -0.382. The van der Waals surface area contributed by atoms with Crippen LogP contribution in [0.3, 0.4) is 0 Å². The van der Waals surface area contributed by atoms with Gasteiger partial charge < -0.3 is 10.1 Å². The summed E-state index contributed by atoms with van der Waals surface area (Å²) in [6, 6.07) is 6.23. The second kappa shape index (κ2) is 7.66. The standard InChI is InChI=1S/C18H23N3O5S/c1-12-5-8-14(27(24,25)21(3)4)9-15(12)17(23)26-10-16(22)20-18(2,11-19)13-6-7-13/h5,8-9,13H,6-7,10H2,1-4H3,(H,20,22)/t18-/m0/s1. The van der Waals surface area contributed by atoms with Gasteiger partial charge in [-0.15, -0.1) is 0 Å². The van der Waals surface area contributed by atoms with E-state index < -0.39 is 34.0 Å². The molecule has 0 radical (unpaired) electrons. The van der Waals surface area contributed by atoms with Gasteiger partial charge in [0.05, 0.1) is 16.5 Å². The highest BCUT2D eigenvalue weighted by atomic mass is 32.2. The van der Waals surface area contributed by atoms with Crippen molar-refractivity contribution in [2.75, 3.05) is 20.7 Å². The van der Waals surface area contributed by atoms with Crippen molar-refractivity contribution in [3.63, 3.8) is 0 Å². The molecule has 0 saturated heterocycles. The van der Waals surface area contributed by atoms with Gasteiger partial charge in [0.1, 0.15) is 5.54 Å². The second-order valence-electron chi connectivity index (χ2n) is 6.98. The van der Waals surface area contributed by atoms with Crippen molar-refractivity contribution in [1.29, 1.82) is 5.26 Å². The third kappa shape index (κ3) is 4.64. The molecule has 1 aromatic carbocycles. The largest absolute Gasteiger partial charge is 0.452 e. The maximum absolute atomic E-state index is 12.3. The van der Waals surface area contributed by atoms with Crippen molar-refractivity contribution < 1.29 is 22.7 Å². The lowest BCUT2D eigenvalue weighted by Gasteiger charge is -2.22. The lowest BCUT2D eigenvalue weighted by molar-refractivity contribution is -0.125. The monoisotopic (exact) mass is 393 g/mol. The Hall–Kier alpha value is -2.44. The minimum atomic E-state index is -3.70. The van der Waals surface area contributed by atoms with Gasteiger partial charge in [0.25, 0.3) is 5.91 Å². The second-order valence-corrected chi connectivity index (χ2v) is 9.13. The van der Waals surface area contributed by atoms with Gasteiger partial charge in [0.15, 0.2) is 6.61 Å². The first-order chi connectivity index (χ1) is 12.5. The third-order valence-corrected chi connectivity index (χ3v) is 6.38. The van der Waals surface area contributed by atoms with Crippen molar-refractivity contribution >= 4 is 21.9 Å². The summed E-state index contributed by atoms with van der Waals surface area (Å²) in [6.07, 6.45) is 1.74. The van der Waals surface area contributed by atoms with Gasteiger partial charge in [-0.05, 0) is 50.3 Å². The molecule has 0 aromatic heterocycles. The fourth-order valence-corrected chi connectivity index (χ4v) is 3.54. The van der Waals surface area contributed by atoms with Crippen LogP contribution in [0, 0.1) is 24.2 Å². The van der Waals surface area contributed by atoms with Crippen molar-refractivity contribution in [3.05, 3.63) is 29.3 Å². The molecule has 1 aromatic rings. The Morgan fingerprint density at radius 2 is 2.00 bits per heavy atom. The number of hydrogen-bond acceptors (Lipinski definition) is 6. The summed E-state index contributed by atoms with van der Waals surface area (Å²) in [7, 11) is -0.916. The zero-order valence-corrected chi connectivity index (χ0v) is 16.6. The van der Waals surface area contributed by atoms with E-state index in [9.17, 15) is 23.3 Å². The molecule has 1 N–H and O–H groups in total. The molecule has 1 amide bonds. The number of ether oxygens (including phenoxy) is 1. The minimum Gasteiger partial charge on any atom is -0.452 e. The summed E-state index contributed by atoms with van der Waals surface area (Å²) in [4.78, 5) is 24.3. The molecule has 8 nitrogen and oxygen atoms in total. The quantitative estimate of drug-likeness (QED) is 0.696. The highest BCUT2D eigenvalue weighted by Crippen LogP contribution is 2.39. The average molecular weight is 393 g/mol. The molecular formula is C18H23N3O5S. The van der Waals surface area contributed by atoms with Crippen LogP contribution in [0.15, 0.2) is 23.1 Å². The Labute approximate surface area is 159 Å². The van der Waals surface area contributed by atoms with Crippen LogP contribution in [0.5, 0.6) is 0 Å². The first-order valence-corrected chi connectivity index (χ1v) is 9.88. The molecule has 2 rings (SSSR count). The fraction of sp³-hybridized carbons (Fsp3) is 0.500. The Balaban J connectivity index is 2.08. The van der Waals surface area contributed by atoms with Gasteiger partial charge in [-0.1, -0.05) is 6.07 Å². The van der Waals surface area contributed by atoms with Crippen LogP contribution in [0.2, 0.25) is 0 Å². The van der Waals surface area contributed by atoms with E-state index >= 15 is 0 Å². The zero-order valence-electron chi connectivity index (χ0n) is 15.8. The number of rotatable bonds is 7. The Morgan fingerprint density at radius 1 is 1.37 bits per heavy atom. The molecular weight excluding hydrogens is 370 g/mol.